The minimum atomic E-state index is 0.119. The van der Waals surface area contributed by atoms with Gasteiger partial charge in [0.15, 0.2) is 5.17 Å². The zero-order valence-corrected chi connectivity index (χ0v) is 12.7. The number of thioether (sulfide) groups is 1. The molecule has 1 aliphatic rings. The zero-order valence-electron chi connectivity index (χ0n) is 11.9. The lowest BCUT2D eigenvalue weighted by Gasteiger charge is -2.20. The van der Waals surface area contributed by atoms with Crippen LogP contribution in [0.5, 0.6) is 5.75 Å². The zero-order chi connectivity index (χ0) is 13.7. The maximum atomic E-state index is 5.63. The average Bonchev–Trinajstić information content (AvgIpc) is 2.85. The summed E-state index contributed by atoms with van der Waals surface area (Å²) in [6.45, 7) is 7.10. The topological polar surface area (TPSA) is 33.6 Å². The second-order valence-corrected chi connectivity index (χ2v) is 5.66. The van der Waals surface area contributed by atoms with Crippen LogP contribution >= 0.6 is 11.8 Å². The van der Waals surface area contributed by atoms with Crippen LogP contribution in [0.15, 0.2) is 29.3 Å². The summed E-state index contributed by atoms with van der Waals surface area (Å²) in [4.78, 5) is 4.87. The van der Waals surface area contributed by atoms with Crippen molar-refractivity contribution < 1.29 is 4.74 Å². The second-order valence-electron chi connectivity index (χ2n) is 4.69. The van der Waals surface area contributed by atoms with Gasteiger partial charge in [-0.25, -0.2) is 0 Å². The lowest BCUT2D eigenvalue weighted by Crippen LogP contribution is -2.24. The molecule has 0 unspecified atom stereocenters. The van der Waals surface area contributed by atoms with Gasteiger partial charge in [-0.2, -0.15) is 0 Å². The van der Waals surface area contributed by atoms with Crippen molar-refractivity contribution in [1.82, 2.24) is 0 Å². The predicted molar refractivity (Wildman–Crippen MR) is 84.4 cm³/mol. The molecule has 1 heterocycles. The van der Waals surface area contributed by atoms with Crippen LogP contribution in [-0.2, 0) is 0 Å². The number of ether oxygens (including phenoxy) is 1. The van der Waals surface area contributed by atoms with E-state index in [1.165, 1.54) is 0 Å². The van der Waals surface area contributed by atoms with Crippen LogP contribution in [0.3, 0.4) is 0 Å². The van der Waals surface area contributed by atoms with Gasteiger partial charge in [-0.3, -0.25) is 4.99 Å². The van der Waals surface area contributed by atoms with Crippen LogP contribution in [0.1, 0.15) is 33.6 Å². The van der Waals surface area contributed by atoms with Gasteiger partial charge in [0.2, 0.25) is 0 Å². The Bertz CT molecular complexity index is 455. The van der Waals surface area contributed by atoms with Crippen LogP contribution < -0.4 is 10.1 Å². The maximum absolute atomic E-state index is 5.63. The SMILES string of the molecule is CCOc1ccccc1NC1=NC(CC)(CC)CS1. The molecule has 1 aliphatic heterocycles. The fraction of sp³-hybridized carbons (Fsp3) is 0.533. The van der Waals surface area contributed by atoms with Gasteiger partial charge >= 0.3 is 0 Å². The molecule has 2 rings (SSSR count). The highest BCUT2D eigenvalue weighted by Gasteiger charge is 2.32. The van der Waals surface area contributed by atoms with E-state index in [4.69, 9.17) is 9.73 Å². The summed E-state index contributed by atoms with van der Waals surface area (Å²) in [5, 5.41) is 4.42. The third kappa shape index (κ3) is 3.24. The highest BCUT2D eigenvalue weighted by atomic mass is 32.2. The van der Waals surface area contributed by atoms with Crippen molar-refractivity contribution in [3.8, 4) is 5.75 Å². The van der Waals surface area contributed by atoms with Gasteiger partial charge in [-0.15, -0.1) is 0 Å². The minimum absolute atomic E-state index is 0.119. The Labute approximate surface area is 119 Å². The van der Waals surface area contributed by atoms with E-state index in [1.54, 1.807) is 11.8 Å². The van der Waals surface area contributed by atoms with Gasteiger partial charge in [0.1, 0.15) is 5.75 Å². The highest BCUT2D eigenvalue weighted by molar-refractivity contribution is 8.14. The molecule has 104 valence electrons. The molecule has 0 saturated heterocycles. The number of hydrogen-bond donors (Lipinski definition) is 1. The molecule has 1 N–H and O–H groups in total. The third-order valence-corrected chi connectivity index (χ3v) is 4.71. The normalized spacial score (nSPS) is 17.1. The Morgan fingerprint density at radius 1 is 1.26 bits per heavy atom. The van der Waals surface area contributed by atoms with E-state index in [0.29, 0.717) is 6.61 Å². The summed E-state index contributed by atoms with van der Waals surface area (Å²) in [5.74, 6) is 1.96. The van der Waals surface area contributed by atoms with Gasteiger partial charge in [0.05, 0.1) is 17.8 Å². The van der Waals surface area contributed by atoms with Gasteiger partial charge in [-0.05, 0) is 31.9 Å². The number of para-hydroxylation sites is 2. The summed E-state index contributed by atoms with van der Waals surface area (Å²) in [6, 6.07) is 8.02. The first-order valence-electron chi connectivity index (χ1n) is 6.94. The molecule has 0 aromatic heterocycles. The van der Waals surface area contributed by atoms with Crippen molar-refractivity contribution in [3.63, 3.8) is 0 Å². The smallest absolute Gasteiger partial charge is 0.161 e. The fourth-order valence-corrected chi connectivity index (χ4v) is 3.44. The number of hydrogen-bond acceptors (Lipinski definition) is 4. The lowest BCUT2D eigenvalue weighted by atomic mass is 9.97. The molecule has 0 amide bonds. The summed E-state index contributed by atoms with van der Waals surface area (Å²) in [5.41, 5.74) is 1.12. The minimum Gasteiger partial charge on any atom is -0.492 e. The first kappa shape index (κ1) is 14.3. The number of rotatable bonds is 5. The monoisotopic (exact) mass is 278 g/mol. The molecule has 0 spiro atoms. The van der Waals surface area contributed by atoms with Gasteiger partial charge < -0.3 is 10.1 Å². The summed E-state index contributed by atoms with van der Waals surface area (Å²) < 4.78 is 5.63. The second kappa shape index (κ2) is 6.33. The number of anilines is 1. The van der Waals surface area contributed by atoms with Crippen molar-refractivity contribution in [3.05, 3.63) is 24.3 Å². The first-order valence-corrected chi connectivity index (χ1v) is 7.93. The lowest BCUT2D eigenvalue weighted by molar-refractivity contribution is 0.342. The van der Waals surface area contributed by atoms with Crippen molar-refractivity contribution in [2.24, 2.45) is 4.99 Å². The third-order valence-electron chi connectivity index (χ3n) is 3.56. The van der Waals surface area contributed by atoms with Gasteiger partial charge in [0, 0.05) is 5.75 Å². The Hall–Kier alpha value is -1.16. The van der Waals surface area contributed by atoms with Crippen molar-refractivity contribution in [2.75, 3.05) is 17.7 Å². The molecule has 1 aromatic rings. The van der Waals surface area contributed by atoms with E-state index in [1.807, 2.05) is 31.2 Å². The molecule has 0 aliphatic carbocycles. The molecule has 1 aromatic carbocycles. The Morgan fingerprint density at radius 2 is 2.00 bits per heavy atom. The Balaban J connectivity index is 2.14. The van der Waals surface area contributed by atoms with Crippen molar-refractivity contribution in [2.45, 2.75) is 39.2 Å². The van der Waals surface area contributed by atoms with E-state index in [9.17, 15) is 0 Å². The van der Waals surface area contributed by atoms with E-state index >= 15 is 0 Å². The molecule has 0 atom stereocenters. The quantitative estimate of drug-likeness (QED) is 0.878. The van der Waals surface area contributed by atoms with Crippen LogP contribution in [0, 0.1) is 0 Å². The number of amidine groups is 1. The van der Waals surface area contributed by atoms with Gasteiger partial charge in [0.25, 0.3) is 0 Å². The summed E-state index contributed by atoms with van der Waals surface area (Å²) in [6.07, 6.45) is 2.18. The molecule has 0 radical (unpaired) electrons. The molecule has 0 saturated carbocycles. The van der Waals surface area contributed by atoms with E-state index in [2.05, 4.69) is 19.2 Å². The van der Waals surface area contributed by atoms with Crippen LogP contribution in [0.2, 0.25) is 0 Å². The van der Waals surface area contributed by atoms with E-state index in [0.717, 1.165) is 35.2 Å². The molecular formula is C15H22N2OS. The molecule has 4 heteroatoms. The number of nitrogens with one attached hydrogen (secondary N) is 1. The Kier molecular flexibility index (Phi) is 4.75. The number of aliphatic imine (C=N–C) groups is 1. The van der Waals surface area contributed by atoms with Crippen molar-refractivity contribution in [1.29, 1.82) is 0 Å². The molecule has 3 nitrogen and oxygen atoms in total. The van der Waals surface area contributed by atoms with Crippen LogP contribution in [0.4, 0.5) is 5.69 Å². The maximum Gasteiger partial charge on any atom is 0.161 e. The van der Waals surface area contributed by atoms with Gasteiger partial charge in [-0.1, -0.05) is 37.7 Å². The molecule has 0 fully saturated rings. The van der Waals surface area contributed by atoms with E-state index in [-0.39, 0.29) is 5.54 Å². The number of nitrogens with zero attached hydrogens (tertiary/aromatic N) is 1. The number of benzene rings is 1. The highest BCUT2D eigenvalue weighted by Crippen LogP contribution is 2.35. The molecular weight excluding hydrogens is 256 g/mol. The first-order chi connectivity index (χ1) is 9.23. The van der Waals surface area contributed by atoms with Crippen molar-refractivity contribution >= 4 is 22.6 Å². The summed E-state index contributed by atoms with van der Waals surface area (Å²) >= 11 is 1.80. The van der Waals surface area contributed by atoms with Crippen LogP contribution in [0.25, 0.3) is 0 Å². The van der Waals surface area contributed by atoms with E-state index < -0.39 is 0 Å². The average molecular weight is 278 g/mol. The molecule has 19 heavy (non-hydrogen) atoms. The Morgan fingerprint density at radius 3 is 2.63 bits per heavy atom. The predicted octanol–water partition coefficient (Wildman–Crippen LogP) is 4.16. The largest absolute Gasteiger partial charge is 0.492 e. The van der Waals surface area contributed by atoms with Crippen LogP contribution in [-0.4, -0.2) is 23.1 Å². The standard InChI is InChI=1S/C15H22N2OS/c1-4-15(5-2)11-19-14(17-15)16-12-9-7-8-10-13(12)18-6-3/h7-10H,4-6,11H2,1-3H3,(H,16,17). The summed E-state index contributed by atoms with van der Waals surface area (Å²) in [7, 11) is 0. The molecule has 0 bridgehead atoms. The fourth-order valence-electron chi connectivity index (χ4n) is 2.13.